The molecular weight excluding hydrogens is 274 g/mol. The van der Waals surface area contributed by atoms with Crippen molar-refractivity contribution in [3.05, 3.63) is 28.8 Å². The van der Waals surface area contributed by atoms with E-state index in [2.05, 4.69) is 12.2 Å². The number of rotatable bonds is 7. The first kappa shape index (κ1) is 15.6. The Morgan fingerprint density at radius 3 is 3.00 bits per heavy atom. The van der Waals surface area contributed by atoms with Crippen LogP contribution in [0.2, 0.25) is 5.02 Å². The molecule has 0 bridgehead atoms. The van der Waals surface area contributed by atoms with E-state index in [-0.39, 0.29) is 0 Å². The summed E-state index contributed by atoms with van der Waals surface area (Å²) >= 11 is 6.11. The van der Waals surface area contributed by atoms with Crippen LogP contribution in [0.5, 0.6) is 5.75 Å². The molecule has 20 heavy (non-hydrogen) atoms. The molecular formula is C16H24ClNO2. The highest BCUT2D eigenvalue weighted by molar-refractivity contribution is 6.30. The number of likely N-dealkylation sites (N-methyl/N-ethyl adjacent to an activating group) is 1. The van der Waals surface area contributed by atoms with E-state index in [4.69, 9.17) is 21.1 Å². The molecule has 1 aliphatic heterocycles. The Morgan fingerprint density at radius 1 is 1.50 bits per heavy atom. The smallest absolute Gasteiger partial charge is 0.122 e. The minimum Gasteiger partial charge on any atom is -0.496 e. The minimum absolute atomic E-state index is 0.444. The number of nitrogens with one attached hydrogen (secondary N) is 1. The summed E-state index contributed by atoms with van der Waals surface area (Å²) in [5, 5.41) is 4.34. The van der Waals surface area contributed by atoms with Crippen molar-refractivity contribution in [3.8, 4) is 5.75 Å². The molecule has 1 aromatic carbocycles. The van der Waals surface area contributed by atoms with E-state index >= 15 is 0 Å². The van der Waals surface area contributed by atoms with Crippen LogP contribution < -0.4 is 10.1 Å². The summed E-state index contributed by atoms with van der Waals surface area (Å²) in [6.45, 7) is 4.92. The lowest BCUT2D eigenvalue weighted by atomic mass is 9.94. The van der Waals surface area contributed by atoms with Crippen molar-refractivity contribution < 1.29 is 9.47 Å². The van der Waals surface area contributed by atoms with Gasteiger partial charge in [0.2, 0.25) is 0 Å². The molecule has 0 radical (unpaired) electrons. The zero-order valence-corrected chi connectivity index (χ0v) is 13.1. The van der Waals surface area contributed by atoms with E-state index in [1.165, 1.54) is 12.0 Å². The lowest BCUT2D eigenvalue weighted by Gasteiger charge is -2.22. The zero-order valence-electron chi connectivity index (χ0n) is 12.3. The third kappa shape index (κ3) is 4.37. The summed E-state index contributed by atoms with van der Waals surface area (Å²) in [7, 11) is 1.71. The maximum atomic E-state index is 6.11. The highest BCUT2D eigenvalue weighted by Gasteiger charge is 2.21. The van der Waals surface area contributed by atoms with Crippen LogP contribution in [-0.4, -0.2) is 32.9 Å². The van der Waals surface area contributed by atoms with Gasteiger partial charge in [0.25, 0.3) is 0 Å². The van der Waals surface area contributed by atoms with E-state index in [1.807, 2.05) is 18.2 Å². The number of ether oxygens (including phenoxy) is 2. The van der Waals surface area contributed by atoms with Crippen LogP contribution in [0.4, 0.5) is 0 Å². The number of hydrogen-bond donors (Lipinski definition) is 1. The van der Waals surface area contributed by atoms with Crippen molar-refractivity contribution in [2.24, 2.45) is 5.92 Å². The maximum absolute atomic E-state index is 6.11. The Morgan fingerprint density at radius 2 is 2.35 bits per heavy atom. The summed E-state index contributed by atoms with van der Waals surface area (Å²) < 4.78 is 10.9. The first-order valence-electron chi connectivity index (χ1n) is 7.36. The van der Waals surface area contributed by atoms with Crippen molar-refractivity contribution in [3.63, 3.8) is 0 Å². The number of halogens is 1. The third-order valence-electron chi connectivity index (χ3n) is 3.84. The molecule has 1 aromatic rings. The number of hydrogen-bond acceptors (Lipinski definition) is 3. The van der Waals surface area contributed by atoms with E-state index in [1.54, 1.807) is 7.11 Å². The van der Waals surface area contributed by atoms with Crippen LogP contribution >= 0.6 is 11.6 Å². The Labute approximate surface area is 126 Å². The summed E-state index contributed by atoms with van der Waals surface area (Å²) in [4.78, 5) is 0. The number of benzene rings is 1. The van der Waals surface area contributed by atoms with Gasteiger partial charge in [-0.3, -0.25) is 0 Å². The highest BCUT2D eigenvalue weighted by atomic mass is 35.5. The Balaban J connectivity index is 2.04. The summed E-state index contributed by atoms with van der Waals surface area (Å²) in [6.07, 6.45) is 3.26. The molecule has 1 heterocycles. The van der Waals surface area contributed by atoms with E-state index in [0.717, 1.165) is 43.4 Å². The Hall–Kier alpha value is -0.770. The molecule has 0 saturated carbocycles. The molecule has 2 rings (SSSR count). The standard InChI is InChI=1S/C16H24ClNO2/c1-3-18-15(8-12-6-7-20-11-12)10-13-9-14(17)4-5-16(13)19-2/h4-5,9,12,15,18H,3,6-8,10-11H2,1-2H3. The molecule has 1 fully saturated rings. The molecule has 2 atom stereocenters. The van der Waals surface area contributed by atoms with Gasteiger partial charge in [0.1, 0.15) is 5.75 Å². The fourth-order valence-electron chi connectivity index (χ4n) is 2.87. The second kappa shape index (κ2) is 7.87. The quantitative estimate of drug-likeness (QED) is 0.838. The predicted octanol–water partition coefficient (Wildman–Crippen LogP) is 3.30. The van der Waals surface area contributed by atoms with Crippen LogP contribution in [0.3, 0.4) is 0 Å². The second-order valence-corrected chi connectivity index (χ2v) is 5.82. The summed E-state index contributed by atoms with van der Waals surface area (Å²) in [5.74, 6) is 1.59. The van der Waals surface area contributed by atoms with E-state index < -0.39 is 0 Å². The van der Waals surface area contributed by atoms with Gasteiger partial charge in [-0.1, -0.05) is 18.5 Å². The predicted molar refractivity (Wildman–Crippen MR) is 82.7 cm³/mol. The molecule has 1 aliphatic rings. The third-order valence-corrected chi connectivity index (χ3v) is 4.08. The van der Waals surface area contributed by atoms with Crippen molar-refractivity contribution in [1.29, 1.82) is 0 Å². The van der Waals surface area contributed by atoms with Gasteiger partial charge in [-0.25, -0.2) is 0 Å². The monoisotopic (exact) mass is 297 g/mol. The fraction of sp³-hybridized carbons (Fsp3) is 0.625. The van der Waals surface area contributed by atoms with Gasteiger partial charge in [0, 0.05) is 24.3 Å². The summed E-state index contributed by atoms with van der Waals surface area (Å²) in [6, 6.07) is 6.27. The van der Waals surface area contributed by atoms with Crippen LogP contribution in [0.25, 0.3) is 0 Å². The highest BCUT2D eigenvalue weighted by Crippen LogP contribution is 2.26. The van der Waals surface area contributed by atoms with Gasteiger partial charge < -0.3 is 14.8 Å². The lowest BCUT2D eigenvalue weighted by Crippen LogP contribution is -2.33. The molecule has 0 amide bonds. The Bertz CT molecular complexity index is 419. The normalized spacial score (nSPS) is 20.1. The second-order valence-electron chi connectivity index (χ2n) is 5.38. The van der Waals surface area contributed by atoms with Gasteiger partial charge in [0.05, 0.1) is 7.11 Å². The van der Waals surface area contributed by atoms with E-state index in [9.17, 15) is 0 Å². The fourth-order valence-corrected chi connectivity index (χ4v) is 3.07. The van der Waals surface area contributed by atoms with Gasteiger partial charge >= 0.3 is 0 Å². The van der Waals surface area contributed by atoms with Crippen molar-refractivity contribution in [2.75, 3.05) is 26.9 Å². The van der Waals surface area contributed by atoms with Gasteiger partial charge in [-0.05, 0) is 55.5 Å². The first-order chi connectivity index (χ1) is 9.72. The molecule has 2 unspecified atom stereocenters. The van der Waals surface area contributed by atoms with Gasteiger partial charge in [-0.2, -0.15) is 0 Å². The van der Waals surface area contributed by atoms with Crippen LogP contribution in [0, 0.1) is 5.92 Å². The van der Waals surface area contributed by atoms with Crippen LogP contribution in [0.15, 0.2) is 18.2 Å². The van der Waals surface area contributed by atoms with E-state index in [0.29, 0.717) is 12.0 Å². The molecule has 4 heteroatoms. The van der Waals surface area contributed by atoms with Crippen molar-refractivity contribution in [1.82, 2.24) is 5.32 Å². The van der Waals surface area contributed by atoms with Crippen molar-refractivity contribution >= 4 is 11.6 Å². The SMILES string of the molecule is CCNC(Cc1cc(Cl)ccc1OC)CC1CCOC1. The van der Waals surface area contributed by atoms with Crippen LogP contribution in [0.1, 0.15) is 25.3 Å². The molecule has 3 nitrogen and oxygen atoms in total. The number of methoxy groups -OCH3 is 1. The minimum atomic E-state index is 0.444. The first-order valence-corrected chi connectivity index (χ1v) is 7.74. The largest absolute Gasteiger partial charge is 0.496 e. The summed E-state index contributed by atoms with van der Waals surface area (Å²) in [5.41, 5.74) is 1.17. The van der Waals surface area contributed by atoms with Crippen LogP contribution in [-0.2, 0) is 11.2 Å². The maximum Gasteiger partial charge on any atom is 0.122 e. The molecule has 0 aliphatic carbocycles. The lowest BCUT2D eigenvalue weighted by molar-refractivity contribution is 0.181. The van der Waals surface area contributed by atoms with Gasteiger partial charge in [0.15, 0.2) is 0 Å². The zero-order chi connectivity index (χ0) is 14.4. The molecule has 1 saturated heterocycles. The topological polar surface area (TPSA) is 30.5 Å². The Kier molecular flexibility index (Phi) is 6.14. The van der Waals surface area contributed by atoms with Crippen molar-refractivity contribution in [2.45, 2.75) is 32.2 Å². The molecule has 0 spiro atoms. The van der Waals surface area contributed by atoms with Gasteiger partial charge in [-0.15, -0.1) is 0 Å². The average molecular weight is 298 g/mol. The molecule has 1 N–H and O–H groups in total. The molecule has 112 valence electrons. The molecule has 0 aromatic heterocycles. The average Bonchev–Trinajstić information content (AvgIpc) is 2.92.